The number of nitrogens with two attached hydrogens (primary N) is 2. The average Bonchev–Trinajstić information content (AvgIpc) is 2.61. The van der Waals surface area contributed by atoms with Crippen LogP contribution in [0.2, 0.25) is 0 Å². The molecule has 0 unspecified atom stereocenters. The molecule has 120 valence electrons. The molecule has 0 aliphatic heterocycles. The quantitative estimate of drug-likeness (QED) is 0.375. The average molecular weight is 320 g/mol. The third-order valence-corrected chi connectivity index (χ3v) is 3.52. The molecule has 1 heterocycles. The first-order chi connectivity index (χ1) is 11.7. The van der Waals surface area contributed by atoms with Gasteiger partial charge in [-0.1, -0.05) is 18.2 Å². The van der Waals surface area contributed by atoms with Crippen molar-refractivity contribution in [1.82, 2.24) is 9.97 Å². The topological polar surface area (TPSA) is 123 Å². The highest BCUT2D eigenvalue weighted by Crippen LogP contribution is 2.28. The van der Waals surface area contributed by atoms with Crippen LogP contribution in [-0.4, -0.2) is 16.6 Å². The Bertz CT molecular complexity index is 901. The molecule has 0 atom stereocenters. The summed E-state index contributed by atoms with van der Waals surface area (Å²) in [5.74, 6) is 6.90. The smallest absolute Gasteiger partial charge is 0.222 e. The fourth-order valence-electron chi connectivity index (χ4n) is 2.39. The molecule has 3 aromatic rings. The number of nitrogens with zero attached hydrogens (tertiary/aromatic N) is 3. The number of rotatable bonds is 5. The summed E-state index contributed by atoms with van der Waals surface area (Å²) in [6.07, 6.45) is 0.365. The molecule has 1 aromatic heterocycles. The number of nitrogens with one attached hydrogen (secondary N) is 1. The summed E-state index contributed by atoms with van der Waals surface area (Å²) in [4.78, 5) is 8.29. The number of nitrogen functional groups attached to an aromatic ring is 2. The molecule has 0 amide bonds. The van der Waals surface area contributed by atoms with E-state index in [-0.39, 0.29) is 5.95 Å². The van der Waals surface area contributed by atoms with Gasteiger partial charge in [0.2, 0.25) is 5.95 Å². The molecular formula is C17H16N6O. The van der Waals surface area contributed by atoms with Gasteiger partial charge in [-0.2, -0.15) is 10.2 Å². The molecule has 7 nitrogen and oxygen atoms in total. The van der Waals surface area contributed by atoms with E-state index < -0.39 is 0 Å². The Balaban J connectivity index is 1.92. The van der Waals surface area contributed by atoms with Crippen LogP contribution in [0.5, 0.6) is 5.75 Å². The first-order valence-electron chi connectivity index (χ1n) is 7.35. The molecule has 0 fully saturated rings. The van der Waals surface area contributed by atoms with E-state index >= 15 is 0 Å². The minimum atomic E-state index is 0.169. The highest BCUT2D eigenvalue weighted by Gasteiger charge is 2.07. The van der Waals surface area contributed by atoms with Gasteiger partial charge in [0.15, 0.2) is 5.82 Å². The molecule has 5 N–H and O–H groups in total. The maximum atomic E-state index is 8.52. The molecule has 0 aliphatic rings. The van der Waals surface area contributed by atoms with Crippen molar-refractivity contribution in [3.63, 3.8) is 0 Å². The number of ether oxygens (including phenoxy) is 1. The van der Waals surface area contributed by atoms with Gasteiger partial charge in [-0.05, 0) is 35.4 Å². The number of nitriles is 1. The monoisotopic (exact) mass is 320 g/mol. The molecule has 0 saturated carbocycles. The summed E-state index contributed by atoms with van der Waals surface area (Å²) in [7, 11) is 0. The fourth-order valence-corrected chi connectivity index (χ4v) is 2.39. The fraction of sp³-hybridized carbons (Fsp3) is 0.118. The van der Waals surface area contributed by atoms with E-state index in [1.165, 1.54) is 0 Å². The van der Waals surface area contributed by atoms with E-state index in [1.54, 1.807) is 0 Å². The maximum Gasteiger partial charge on any atom is 0.222 e. The largest absolute Gasteiger partial charge is 0.493 e. The molecule has 0 radical (unpaired) electrons. The van der Waals surface area contributed by atoms with E-state index in [2.05, 4.69) is 15.4 Å². The third kappa shape index (κ3) is 3.19. The van der Waals surface area contributed by atoms with Gasteiger partial charge in [0, 0.05) is 5.39 Å². The van der Waals surface area contributed by atoms with Crippen molar-refractivity contribution in [1.29, 1.82) is 5.26 Å². The van der Waals surface area contributed by atoms with Crippen LogP contribution < -0.4 is 21.7 Å². The summed E-state index contributed by atoms with van der Waals surface area (Å²) >= 11 is 0. The maximum absolute atomic E-state index is 8.52. The van der Waals surface area contributed by atoms with E-state index in [4.69, 9.17) is 21.6 Å². The van der Waals surface area contributed by atoms with Gasteiger partial charge < -0.3 is 15.9 Å². The number of fused-ring (bicyclic) bond motifs is 1. The molecule has 2 aromatic carbocycles. The predicted octanol–water partition coefficient (Wildman–Crippen LogP) is 2.46. The van der Waals surface area contributed by atoms with Crippen molar-refractivity contribution in [3.8, 4) is 22.9 Å². The van der Waals surface area contributed by atoms with Gasteiger partial charge in [0.05, 0.1) is 18.0 Å². The Hall–Kier alpha value is -3.37. The van der Waals surface area contributed by atoms with Crippen molar-refractivity contribution in [3.05, 3.63) is 42.5 Å². The first-order valence-corrected chi connectivity index (χ1v) is 7.35. The van der Waals surface area contributed by atoms with E-state index in [0.717, 1.165) is 27.8 Å². The SMILES string of the molecule is N#CCCOc1ccc(-c2ccc3nc(N)nc(NN)c3c2)cc1. The van der Waals surface area contributed by atoms with Crippen molar-refractivity contribution < 1.29 is 4.74 Å². The lowest BCUT2D eigenvalue weighted by molar-refractivity contribution is 0.326. The Morgan fingerprint density at radius 2 is 1.83 bits per heavy atom. The van der Waals surface area contributed by atoms with Crippen molar-refractivity contribution >= 4 is 22.7 Å². The Labute approximate surface area is 138 Å². The molecule has 0 saturated heterocycles. The molecular weight excluding hydrogens is 304 g/mol. The second-order valence-corrected chi connectivity index (χ2v) is 5.09. The first kappa shape index (κ1) is 15.5. The van der Waals surface area contributed by atoms with E-state index in [9.17, 15) is 0 Å². The van der Waals surface area contributed by atoms with Crippen LogP contribution in [0.4, 0.5) is 11.8 Å². The number of hydrazine groups is 1. The zero-order chi connectivity index (χ0) is 16.9. The van der Waals surface area contributed by atoms with Gasteiger partial charge in [0.25, 0.3) is 0 Å². The summed E-state index contributed by atoms with van der Waals surface area (Å²) in [5, 5.41) is 9.31. The predicted molar refractivity (Wildman–Crippen MR) is 92.9 cm³/mol. The third-order valence-electron chi connectivity index (χ3n) is 3.52. The number of anilines is 2. The second-order valence-electron chi connectivity index (χ2n) is 5.09. The lowest BCUT2D eigenvalue weighted by Gasteiger charge is -2.09. The van der Waals surface area contributed by atoms with E-state index in [1.807, 2.05) is 48.5 Å². The van der Waals surface area contributed by atoms with Crippen LogP contribution in [0.15, 0.2) is 42.5 Å². The van der Waals surface area contributed by atoms with Crippen LogP contribution in [0.3, 0.4) is 0 Å². The Kier molecular flexibility index (Phi) is 4.40. The molecule has 3 rings (SSSR count). The number of aromatic nitrogens is 2. The Morgan fingerprint density at radius 1 is 1.08 bits per heavy atom. The van der Waals surface area contributed by atoms with Gasteiger partial charge >= 0.3 is 0 Å². The zero-order valence-electron chi connectivity index (χ0n) is 12.9. The van der Waals surface area contributed by atoms with Crippen LogP contribution >= 0.6 is 0 Å². The molecule has 24 heavy (non-hydrogen) atoms. The Morgan fingerprint density at radius 3 is 2.54 bits per heavy atom. The van der Waals surface area contributed by atoms with E-state index in [0.29, 0.717) is 18.8 Å². The summed E-state index contributed by atoms with van der Waals surface area (Å²) in [5.41, 5.74) is 10.9. The lowest BCUT2D eigenvalue weighted by Crippen LogP contribution is -2.11. The van der Waals surface area contributed by atoms with Gasteiger partial charge in [-0.15, -0.1) is 0 Å². The summed E-state index contributed by atoms with van der Waals surface area (Å²) < 4.78 is 5.47. The zero-order valence-corrected chi connectivity index (χ0v) is 12.9. The minimum absolute atomic E-state index is 0.169. The van der Waals surface area contributed by atoms with Crippen molar-refractivity contribution in [2.24, 2.45) is 5.84 Å². The van der Waals surface area contributed by atoms with Crippen molar-refractivity contribution in [2.45, 2.75) is 6.42 Å². The highest BCUT2D eigenvalue weighted by molar-refractivity contribution is 5.93. The van der Waals surface area contributed by atoms with Gasteiger partial charge in [-0.3, -0.25) is 0 Å². The number of hydrogen-bond acceptors (Lipinski definition) is 7. The van der Waals surface area contributed by atoms with Crippen molar-refractivity contribution in [2.75, 3.05) is 17.8 Å². The summed E-state index contributed by atoms with van der Waals surface area (Å²) in [6.45, 7) is 0.385. The van der Waals surface area contributed by atoms with Gasteiger partial charge in [-0.25, -0.2) is 10.8 Å². The molecule has 0 spiro atoms. The van der Waals surface area contributed by atoms with Crippen LogP contribution in [0.1, 0.15) is 6.42 Å². The lowest BCUT2D eigenvalue weighted by atomic mass is 10.0. The minimum Gasteiger partial charge on any atom is -0.493 e. The number of benzene rings is 2. The second kappa shape index (κ2) is 6.81. The normalized spacial score (nSPS) is 10.3. The molecule has 0 bridgehead atoms. The van der Waals surface area contributed by atoms with Gasteiger partial charge in [0.1, 0.15) is 12.4 Å². The van der Waals surface area contributed by atoms with Crippen LogP contribution in [0, 0.1) is 11.3 Å². The molecule has 7 heteroatoms. The number of hydrogen-bond donors (Lipinski definition) is 3. The molecule has 0 aliphatic carbocycles. The van der Waals surface area contributed by atoms with Crippen LogP contribution in [-0.2, 0) is 0 Å². The highest BCUT2D eigenvalue weighted by atomic mass is 16.5. The summed E-state index contributed by atoms with van der Waals surface area (Å²) in [6, 6.07) is 15.5. The van der Waals surface area contributed by atoms with Crippen LogP contribution in [0.25, 0.3) is 22.0 Å². The standard InChI is InChI=1S/C17H16N6O/c18-8-1-9-24-13-5-2-11(3-6-13)12-4-7-15-14(10-12)16(23-20)22-17(19)21-15/h2-7,10H,1,9,20H2,(H3,19,21,22,23).